The number of hydrogen-bond acceptors (Lipinski definition) is 3. The van der Waals surface area contributed by atoms with E-state index in [0.29, 0.717) is 25.3 Å². The van der Waals surface area contributed by atoms with Gasteiger partial charge in [0.25, 0.3) is 0 Å². The third-order valence-corrected chi connectivity index (χ3v) is 3.19. The van der Waals surface area contributed by atoms with Gasteiger partial charge in [0.1, 0.15) is 12.1 Å². The van der Waals surface area contributed by atoms with Gasteiger partial charge < -0.3 is 15.3 Å². The molecule has 0 bridgehead atoms. The van der Waals surface area contributed by atoms with Crippen LogP contribution in [0.15, 0.2) is 0 Å². The standard InChI is InChI=1S/C11H18N2O3/c1-6(2)3-8-11(16)13-5-7(14)4-9(13)10(15)12-8/h6-9,14H,3-5H2,1-2H3,(H,12,15)/t7-,8-,9+/m0/s1. The summed E-state index contributed by atoms with van der Waals surface area (Å²) in [6.45, 7) is 4.33. The van der Waals surface area contributed by atoms with Crippen molar-refractivity contribution in [2.75, 3.05) is 6.54 Å². The van der Waals surface area contributed by atoms with Gasteiger partial charge in [-0.3, -0.25) is 9.59 Å². The largest absolute Gasteiger partial charge is 0.391 e. The first-order chi connectivity index (χ1) is 7.49. The molecule has 0 aromatic rings. The molecule has 2 heterocycles. The van der Waals surface area contributed by atoms with E-state index >= 15 is 0 Å². The number of aliphatic hydroxyl groups excluding tert-OH is 1. The fourth-order valence-corrected chi connectivity index (χ4v) is 2.47. The van der Waals surface area contributed by atoms with Gasteiger partial charge in [-0.05, 0) is 12.3 Å². The lowest BCUT2D eigenvalue weighted by Crippen LogP contribution is -2.61. The highest BCUT2D eigenvalue weighted by Gasteiger charge is 2.45. The van der Waals surface area contributed by atoms with Crippen molar-refractivity contribution in [2.24, 2.45) is 5.92 Å². The molecule has 0 unspecified atom stereocenters. The van der Waals surface area contributed by atoms with Crippen molar-refractivity contribution >= 4 is 11.8 Å². The fraction of sp³-hybridized carbons (Fsp3) is 0.818. The van der Waals surface area contributed by atoms with Gasteiger partial charge in [-0.1, -0.05) is 13.8 Å². The van der Waals surface area contributed by atoms with E-state index in [2.05, 4.69) is 5.32 Å². The lowest BCUT2D eigenvalue weighted by Gasteiger charge is -2.35. The number of amides is 2. The van der Waals surface area contributed by atoms with E-state index in [4.69, 9.17) is 0 Å². The Bertz CT molecular complexity index is 316. The second-order valence-electron chi connectivity index (χ2n) is 5.09. The van der Waals surface area contributed by atoms with Crippen LogP contribution in [-0.4, -0.2) is 46.6 Å². The molecule has 2 saturated heterocycles. The van der Waals surface area contributed by atoms with Crippen LogP contribution >= 0.6 is 0 Å². The second kappa shape index (κ2) is 4.05. The average molecular weight is 226 g/mol. The van der Waals surface area contributed by atoms with Crippen LogP contribution in [0.25, 0.3) is 0 Å². The summed E-state index contributed by atoms with van der Waals surface area (Å²) in [5, 5.41) is 12.2. The van der Waals surface area contributed by atoms with E-state index in [1.807, 2.05) is 13.8 Å². The van der Waals surface area contributed by atoms with Crippen molar-refractivity contribution in [2.45, 2.75) is 44.9 Å². The number of carbonyl (C=O) groups is 2. The van der Waals surface area contributed by atoms with Crippen LogP contribution in [0.2, 0.25) is 0 Å². The maximum Gasteiger partial charge on any atom is 0.245 e. The molecule has 5 heteroatoms. The Balaban J connectivity index is 2.12. The molecule has 16 heavy (non-hydrogen) atoms. The van der Waals surface area contributed by atoms with E-state index in [0.717, 1.165) is 0 Å². The summed E-state index contributed by atoms with van der Waals surface area (Å²) in [5.41, 5.74) is 0. The van der Waals surface area contributed by atoms with Gasteiger partial charge in [-0.25, -0.2) is 0 Å². The molecule has 2 N–H and O–H groups in total. The van der Waals surface area contributed by atoms with Gasteiger partial charge in [0.15, 0.2) is 0 Å². The Morgan fingerprint density at radius 1 is 1.50 bits per heavy atom. The third kappa shape index (κ3) is 1.91. The first-order valence-corrected chi connectivity index (χ1v) is 5.78. The van der Waals surface area contributed by atoms with E-state index < -0.39 is 18.2 Å². The number of fused-ring (bicyclic) bond motifs is 1. The minimum absolute atomic E-state index is 0.0464. The minimum atomic E-state index is -0.558. The van der Waals surface area contributed by atoms with Crippen LogP contribution in [-0.2, 0) is 9.59 Å². The molecule has 0 aromatic heterocycles. The molecule has 0 saturated carbocycles. The molecule has 0 radical (unpaired) electrons. The number of nitrogens with zero attached hydrogens (tertiary/aromatic N) is 1. The molecular weight excluding hydrogens is 208 g/mol. The van der Waals surface area contributed by atoms with Crippen LogP contribution in [0.4, 0.5) is 0 Å². The molecule has 2 fully saturated rings. The van der Waals surface area contributed by atoms with Gasteiger partial charge >= 0.3 is 0 Å². The van der Waals surface area contributed by atoms with Crippen LogP contribution in [0.3, 0.4) is 0 Å². The molecule has 5 nitrogen and oxygen atoms in total. The molecule has 0 aromatic carbocycles. The predicted octanol–water partition coefficient (Wildman–Crippen LogP) is -0.507. The van der Waals surface area contributed by atoms with Gasteiger partial charge in [0.2, 0.25) is 11.8 Å². The first-order valence-electron chi connectivity index (χ1n) is 5.78. The van der Waals surface area contributed by atoms with Gasteiger partial charge in [0, 0.05) is 13.0 Å². The number of aliphatic hydroxyl groups is 1. The Labute approximate surface area is 94.8 Å². The van der Waals surface area contributed by atoms with Crippen LogP contribution < -0.4 is 5.32 Å². The second-order valence-corrected chi connectivity index (χ2v) is 5.09. The van der Waals surface area contributed by atoms with Gasteiger partial charge in [-0.15, -0.1) is 0 Å². The summed E-state index contributed by atoms with van der Waals surface area (Å²) < 4.78 is 0. The highest BCUT2D eigenvalue weighted by Crippen LogP contribution is 2.24. The van der Waals surface area contributed by atoms with Crippen LogP contribution in [0.5, 0.6) is 0 Å². The lowest BCUT2D eigenvalue weighted by molar-refractivity contribution is -0.147. The third-order valence-electron chi connectivity index (χ3n) is 3.19. The monoisotopic (exact) mass is 226 g/mol. The van der Waals surface area contributed by atoms with Crippen LogP contribution in [0, 0.1) is 5.92 Å². The Hall–Kier alpha value is -1.10. The Morgan fingerprint density at radius 3 is 2.81 bits per heavy atom. The Morgan fingerprint density at radius 2 is 2.19 bits per heavy atom. The van der Waals surface area contributed by atoms with Crippen molar-refractivity contribution in [3.05, 3.63) is 0 Å². The topological polar surface area (TPSA) is 69.6 Å². The molecule has 90 valence electrons. The Kier molecular flexibility index (Phi) is 2.88. The zero-order chi connectivity index (χ0) is 11.9. The minimum Gasteiger partial charge on any atom is -0.391 e. The van der Waals surface area contributed by atoms with E-state index in [1.165, 1.54) is 4.90 Å². The number of rotatable bonds is 2. The number of carbonyl (C=O) groups excluding carboxylic acids is 2. The van der Waals surface area contributed by atoms with E-state index in [9.17, 15) is 14.7 Å². The molecule has 3 atom stereocenters. The summed E-state index contributed by atoms with van der Waals surface area (Å²) in [4.78, 5) is 25.3. The summed E-state index contributed by atoms with van der Waals surface area (Å²) in [6, 6.07) is -0.861. The van der Waals surface area contributed by atoms with Crippen molar-refractivity contribution in [3.8, 4) is 0 Å². The molecule has 2 aliphatic rings. The molecule has 0 spiro atoms. The zero-order valence-corrected chi connectivity index (χ0v) is 9.64. The normalized spacial score (nSPS) is 34.2. The van der Waals surface area contributed by atoms with Crippen molar-refractivity contribution in [3.63, 3.8) is 0 Å². The lowest BCUT2D eigenvalue weighted by atomic mass is 9.99. The smallest absolute Gasteiger partial charge is 0.245 e. The maximum absolute atomic E-state index is 12.0. The predicted molar refractivity (Wildman–Crippen MR) is 57.5 cm³/mol. The highest BCUT2D eigenvalue weighted by atomic mass is 16.3. The van der Waals surface area contributed by atoms with Crippen molar-refractivity contribution in [1.82, 2.24) is 10.2 Å². The SMILES string of the molecule is CC(C)C[C@@H]1NC(=O)[C@H]2C[C@H](O)CN2C1=O. The van der Waals surface area contributed by atoms with Gasteiger partial charge in [0.05, 0.1) is 6.10 Å². The number of nitrogens with one attached hydrogen (secondary N) is 1. The molecule has 0 aliphatic carbocycles. The summed E-state index contributed by atoms with van der Waals surface area (Å²) in [7, 11) is 0. The molecule has 2 amide bonds. The summed E-state index contributed by atoms with van der Waals surface area (Å²) in [6.07, 6.45) is 0.466. The average Bonchev–Trinajstić information content (AvgIpc) is 2.56. The van der Waals surface area contributed by atoms with Crippen molar-refractivity contribution in [1.29, 1.82) is 0 Å². The van der Waals surface area contributed by atoms with Gasteiger partial charge in [-0.2, -0.15) is 0 Å². The van der Waals surface area contributed by atoms with E-state index in [1.54, 1.807) is 0 Å². The fourth-order valence-electron chi connectivity index (χ4n) is 2.47. The maximum atomic E-state index is 12.0. The summed E-state index contributed by atoms with van der Waals surface area (Å²) in [5.74, 6) is 0.190. The van der Waals surface area contributed by atoms with E-state index in [-0.39, 0.29) is 11.8 Å². The van der Waals surface area contributed by atoms with Crippen LogP contribution in [0.1, 0.15) is 26.7 Å². The molecule has 2 rings (SSSR count). The number of piperazine rings is 1. The number of hydrogen-bond donors (Lipinski definition) is 2. The summed E-state index contributed by atoms with van der Waals surface area (Å²) >= 11 is 0. The van der Waals surface area contributed by atoms with Crippen molar-refractivity contribution < 1.29 is 14.7 Å². The molecule has 2 aliphatic heterocycles. The quantitative estimate of drug-likeness (QED) is 0.666. The molecular formula is C11H18N2O3. The highest BCUT2D eigenvalue weighted by molar-refractivity contribution is 5.97. The zero-order valence-electron chi connectivity index (χ0n) is 9.64. The first kappa shape index (κ1) is 11.4.